The molecule has 0 spiro atoms. The Labute approximate surface area is 83.2 Å². The molecule has 0 aromatic heterocycles. The lowest BCUT2D eigenvalue weighted by Gasteiger charge is -2.16. The minimum atomic E-state index is -0.398. The van der Waals surface area contributed by atoms with Crippen LogP contribution in [0.2, 0.25) is 0 Å². The van der Waals surface area contributed by atoms with Crippen LogP contribution < -0.4 is 5.73 Å². The number of nitrogens with two attached hydrogens (primary N) is 1. The molecule has 74 valence electrons. The van der Waals surface area contributed by atoms with Crippen LogP contribution in [0.25, 0.3) is 0 Å². The molecule has 1 aromatic carbocycles. The molecule has 0 aliphatic carbocycles. The fourth-order valence-electron chi connectivity index (χ4n) is 1.23. The molecule has 0 saturated heterocycles. The van der Waals surface area contributed by atoms with Crippen molar-refractivity contribution in [3.8, 4) is 6.07 Å². The molecule has 0 aliphatic heterocycles. The van der Waals surface area contributed by atoms with Gasteiger partial charge in [-0.3, -0.25) is 0 Å². The van der Waals surface area contributed by atoms with Crippen molar-refractivity contribution in [3.05, 3.63) is 35.1 Å². The van der Waals surface area contributed by atoms with Crippen LogP contribution in [0.4, 0.5) is 4.39 Å². The highest BCUT2D eigenvalue weighted by molar-refractivity contribution is 5.34. The topological polar surface area (TPSA) is 49.8 Å². The summed E-state index contributed by atoms with van der Waals surface area (Å²) in [5, 5.41) is 8.55. The number of nitrogens with zero attached hydrogens (tertiary/aromatic N) is 1. The van der Waals surface area contributed by atoms with E-state index in [2.05, 4.69) is 0 Å². The average molecular weight is 192 g/mol. The van der Waals surface area contributed by atoms with Crippen molar-refractivity contribution >= 4 is 0 Å². The monoisotopic (exact) mass is 192 g/mol. The van der Waals surface area contributed by atoms with Gasteiger partial charge in [-0.1, -0.05) is 19.9 Å². The SMILES string of the molecule is CC(C)C(N)c1ccc(C#N)cc1F. The minimum absolute atomic E-state index is 0.178. The summed E-state index contributed by atoms with van der Waals surface area (Å²) in [6, 6.07) is 5.95. The Morgan fingerprint density at radius 2 is 2.07 bits per heavy atom. The van der Waals surface area contributed by atoms with Gasteiger partial charge in [0.05, 0.1) is 11.6 Å². The van der Waals surface area contributed by atoms with E-state index in [1.54, 1.807) is 12.1 Å². The van der Waals surface area contributed by atoms with E-state index in [1.165, 1.54) is 6.07 Å². The van der Waals surface area contributed by atoms with E-state index >= 15 is 0 Å². The zero-order chi connectivity index (χ0) is 10.7. The maximum Gasteiger partial charge on any atom is 0.129 e. The van der Waals surface area contributed by atoms with Gasteiger partial charge in [0.25, 0.3) is 0 Å². The highest BCUT2D eigenvalue weighted by atomic mass is 19.1. The number of hydrogen-bond donors (Lipinski definition) is 1. The summed E-state index contributed by atoms with van der Waals surface area (Å²) in [7, 11) is 0. The van der Waals surface area contributed by atoms with Crippen LogP contribution in [0.5, 0.6) is 0 Å². The maximum absolute atomic E-state index is 13.4. The van der Waals surface area contributed by atoms with Crippen molar-refractivity contribution in [1.29, 1.82) is 5.26 Å². The van der Waals surface area contributed by atoms with Crippen molar-refractivity contribution in [2.24, 2.45) is 11.7 Å². The first-order valence-corrected chi connectivity index (χ1v) is 4.51. The lowest BCUT2D eigenvalue weighted by Crippen LogP contribution is -2.18. The van der Waals surface area contributed by atoms with Crippen LogP contribution >= 0.6 is 0 Å². The molecule has 2 nitrogen and oxygen atoms in total. The average Bonchev–Trinajstić information content (AvgIpc) is 2.16. The van der Waals surface area contributed by atoms with Crippen LogP contribution in [-0.4, -0.2) is 0 Å². The van der Waals surface area contributed by atoms with Crippen LogP contribution in [0, 0.1) is 23.1 Å². The standard InChI is InChI=1S/C11H13FN2/c1-7(2)11(14)9-4-3-8(6-13)5-10(9)12/h3-5,7,11H,14H2,1-2H3. The summed E-state index contributed by atoms with van der Waals surface area (Å²) in [5.41, 5.74) is 6.60. The lowest BCUT2D eigenvalue weighted by atomic mass is 9.96. The van der Waals surface area contributed by atoms with Gasteiger partial charge < -0.3 is 5.73 Å². The predicted octanol–water partition coefficient (Wildman–Crippen LogP) is 2.35. The molecule has 1 unspecified atom stereocenters. The van der Waals surface area contributed by atoms with Crippen LogP contribution in [0.1, 0.15) is 31.0 Å². The summed E-state index contributed by atoms with van der Waals surface area (Å²) in [6.45, 7) is 3.87. The number of rotatable bonds is 2. The Morgan fingerprint density at radius 1 is 1.43 bits per heavy atom. The molecular weight excluding hydrogens is 179 g/mol. The number of benzene rings is 1. The molecule has 1 aromatic rings. The smallest absolute Gasteiger partial charge is 0.129 e. The Balaban J connectivity index is 3.07. The van der Waals surface area contributed by atoms with Crippen molar-refractivity contribution < 1.29 is 4.39 Å². The Bertz CT molecular complexity index is 366. The van der Waals surface area contributed by atoms with E-state index in [4.69, 9.17) is 11.0 Å². The second kappa shape index (κ2) is 4.21. The van der Waals surface area contributed by atoms with Crippen molar-refractivity contribution in [2.45, 2.75) is 19.9 Å². The van der Waals surface area contributed by atoms with E-state index < -0.39 is 5.82 Å². The van der Waals surface area contributed by atoms with Crippen LogP contribution in [-0.2, 0) is 0 Å². The predicted molar refractivity (Wildman–Crippen MR) is 52.9 cm³/mol. The van der Waals surface area contributed by atoms with E-state index in [1.807, 2.05) is 19.9 Å². The highest BCUT2D eigenvalue weighted by Gasteiger charge is 2.14. The van der Waals surface area contributed by atoms with Gasteiger partial charge in [-0.25, -0.2) is 4.39 Å². The van der Waals surface area contributed by atoms with E-state index in [9.17, 15) is 4.39 Å². The van der Waals surface area contributed by atoms with E-state index in [0.717, 1.165) is 0 Å². The molecule has 0 heterocycles. The molecule has 0 aliphatic rings. The molecule has 0 saturated carbocycles. The summed E-state index contributed by atoms with van der Waals surface area (Å²) in [6.07, 6.45) is 0. The van der Waals surface area contributed by atoms with Gasteiger partial charge in [-0.05, 0) is 18.1 Å². The van der Waals surface area contributed by atoms with E-state index in [0.29, 0.717) is 11.1 Å². The van der Waals surface area contributed by atoms with Crippen LogP contribution in [0.3, 0.4) is 0 Å². The molecule has 0 amide bonds. The van der Waals surface area contributed by atoms with Gasteiger partial charge in [-0.2, -0.15) is 5.26 Å². The van der Waals surface area contributed by atoms with Crippen molar-refractivity contribution in [3.63, 3.8) is 0 Å². The highest BCUT2D eigenvalue weighted by Crippen LogP contribution is 2.22. The first-order valence-electron chi connectivity index (χ1n) is 4.51. The minimum Gasteiger partial charge on any atom is -0.324 e. The fourth-order valence-corrected chi connectivity index (χ4v) is 1.23. The first-order chi connectivity index (χ1) is 6.56. The summed E-state index contributed by atoms with van der Waals surface area (Å²) in [4.78, 5) is 0. The summed E-state index contributed by atoms with van der Waals surface area (Å²) >= 11 is 0. The molecule has 2 N–H and O–H groups in total. The number of nitriles is 1. The Kier molecular flexibility index (Phi) is 3.21. The van der Waals surface area contributed by atoms with Gasteiger partial charge in [0.15, 0.2) is 0 Å². The van der Waals surface area contributed by atoms with Crippen molar-refractivity contribution in [2.75, 3.05) is 0 Å². The van der Waals surface area contributed by atoms with Gasteiger partial charge in [-0.15, -0.1) is 0 Å². The van der Waals surface area contributed by atoms with Crippen LogP contribution in [0.15, 0.2) is 18.2 Å². The zero-order valence-corrected chi connectivity index (χ0v) is 8.29. The van der Waals surface area contributed by atoms with Gasteiger partial charge in [0, 0.05) is 11.6 Å². The van der Waals surface area contributed by atoms with E-state index in [-0.39, 0.29) is 12.0 Å². The molecule has 14 heavy (non-hydrogen) atoms. The second-order valence-corrected chi connectivity index (χ2v) is 3.62. The molecule has 0 fully saturated rings. The first kappa shape index (κ1) is 10.7. The molecule has 3 heteroatoms. The Morgan fingerprint density at radius 3 is 2.50 bits per heavy atom. The van der Waals surface area contributed by atoms with Gasteiger partial charge in [0.1, 0.15) is 5.82 Å². The largest absolute Gasteiger partial charge is 0.324 e. The third kappa shape index (κ3) is 2.09. The van der Waals surface area contributed by atoms with Gasteiger partial charge >= 0.3 is 0 Å². The molecule has 1 atom stereocenters. The number of hydrogen-bond acceptors (Lipinski definition) is 2. The summed E-state index contributed by atoms with van der Waals surface area (Å²) < 4.78 is 13.4. The fraction of sp³-hybridized carbons (Fsp3) is 0.364. The van der Waals surface area contributed by atoms with Crippen molar-refractivity contribution in [1.82, 2.24) is 0 Å². The summed E-state index contributed by atoms with van der Waals surface area (Å²) in [5.74, 6) is -0.220. The van der Waals surface area contributed by atoms with Gasteiger partial charge in [0.2, 0.25) is 0 Å². The lowest BCUT2D eigenvalue weighted by molar-refractivity contribution is 0.485. The maximum atomic E-state index is 13.4. The normalized spacial score (nSPS) is 12.6. The molecule has 1 rings (SSSR count). The quantitative estimate of drug-likeness (QED) is 0.781. The number of halogens is 1. The molecule has 0 bridgehead atoms. The molecular formula is C11H13FN2. The molecule has 0 radical (unpaired) electrons. The zero-order valence-electron chi connectivity index (χ0n) is 8.29. The third-order valence-corrected chi connectivity index (χ3v) is 2.21. The second-order valence-electron chi connectivity index (χ2n) is 3.62. The third-order valence-electron chi connectivity index (χ3n) is 2.21. The Hall–Kier alpha value is -1.40.